The molecule has 0 aliphatic carbocycles. The van der Waals surface area contributed by atoms with Gasteiger partial charge in [0, 0.05) is 5.56 Å². The number of nitriles is 1. The Labute approximate surface area is 91.6 Å². The van der Waals surface area contributed by atoms with Crippen molar-refractivity contribution in [3.63, 3.8) is 0 Å². The van der Waals surface area contributed by atoms with Gasteiger partial charge in [-0.3, -0.25) is 0 Å². The summed E-state index contributed by atoms with van der Waals surface area (Å²) in [6.45, 7) is 0.891. The van der Waals surface area contributed by atoms with E-state index in [0.29, 0.717) is 35.3 Å². The number of ether oxygens (including phenoxy) is 2. The monoisotopic (exact) mass is 225 g/mol. The Morgan fingerprint density at radius 3 is 2.87 bits per heavy atom. The van der Waals surface area contributed by atoms with Crippen LogP contribution in [0.15, 0.2) is 12.1 Å². The van der Waals surface area contributed by atoms with Crippen LogP contribution in [-0.4, -0.2) is 18.3 Å². The molecule has 2 rings (SSSR count). The van der Waals surface area contributed by atoms with Crippen LogP contribution in [0, 0.1) is 11.3 Å². The lowest BCUT2D eigenvalue weighted by Crippen LogP contribution is -2.16. The average Bonchev–Trinajstić information content (AvgIpc) is 2.28. The normalized spacial score (nSPS) is 15.5. The van der Waals surface area contributed by atoms with E-state index in [2.05, 4.69) is 0 Å². The molecule has 0 radical (unpaired) electrons. The van der Waals surface area contributed by atoms with Crippen molar-refractivity contribution in [1.82, 2.24) is 0 Å². The van der Waals surface area contributed by atoms with Gasteiger partial charge in [0.2, 0.25) is 0 Å². The van der Waals surface area contributed by atoms with Crippen LogP contribution in [0.5, 0.6) is 11.5 Å². The topological polar surface area (TPSA) is 62.5 Å². The van der Waals surface area contributed by atoms with E-state index in [9.17, 15) is 5.11 Å². The van der Waals surface area contributed by atoms with E-state index in [-0.39, 0.29) is 0 Å². The first-order valence-electron chi connectivity index (χ1n) is 4.39. The zero-order valence-electron chi connectivity index (χ0n) is 7.74. The van der Waals surface area contributed by atoms with Gasteiger partial charge in [0.15, 0.2) is 17.6 Å². The fourth-order valence-electron chi connectivity index (χ4n) is 1.36. The molecule has 78 valence electrons. The molecule has 0 spiro atoms. The fourth-order valence-corrected chi connectivity index (χ4v) is 1.64. The van der Waals surface area contributed by atoms with Crippen molar-refractivity contribution < 1.29 is 14.6 Å². The molecular formula is C10H8ClNO3. The number of hydrogen-bond acceptors (Lipinski definition) is 4. The van der Waals surface area contributed by atoms with Crippen LogP contribution in [-0.2, 0) is 0 Å². The largest absolute Gasteiger partial charge is 0.486 e. The van der Waals surface area contributed by atoms with Gasteiger partial charge in [0.1, 0.15) is 13.2 Å². The molecule has 5 heteroatoms. The second kappa shape index (κ2) is 3.97. The molecule has 15 heavy (non-hydrogen) atoms. The quantitative estimate of drug-likeness (QED) is 0.739. The van der Waals surface area contributed by atoms with E-state index >= 15 is 0 Å². The highest BCUT2D eigenvalue weighted by atomic mass is 35.5. The van der Waals surface area contributed by atoms with E-state index < -0.39 is 6.10 Å². The van der Waals surface area contributed by atoms with Gasteiger partial charge < -0.3 is 14.6 Å². The van der Waals surface area contributed by atoms with Crippen molar-refractivity contribution in [1.29, 1.82) is 5.26 Å². The Morgan fingerprint density at radius 2 is 2.13 bits per heavy atom. The molecule has 0 fully saturated rings. The molecule has 1 atom stereocenters. The summed E-state index contributed by atoms with van der Waals surface area (Å²) >= 11 is 5.92. The molecule has 1 aliphatic heterocycles. The van der Waals surface area contributed by atoms with Crippen LogP contribution in [0.3, 0.4) is 0 Å². The first-order chi connectivity index (χ1) is 7.22. The Hall–Kier alpha value is -1.44. The lowest BCUT2D eigenvalue weighted by atomic mass is 10.1. The Bertz CT molecular complexity index is 427. The predicted molar refractivity (Wildman–Crippen MR) is 53.0 cm³/mol. The molecular weight excluding hydrogens is 218 g/mol. The Morgan fingerprint density at radius 1 is 1.40 bits per heavy atom. The SMILES string of the molecule is N#CC(O)c1cc(Cl)c2c(c1)OCCO2. The van der Waals surface area contributed by atoms with E-state index in [0.717, 1.165) is 0 Å². The fraction of sp³-hybridized carbons (Fsp3) is 0.300. The molecule has 1 aliphatic rings. The smallest absolute Gasteiger partial charge is 0.179 e. The molecule has 1 aromatic rings. The number of rotatable bonds is 1. The first-order valence-corrected chi connectivity index (χ1v) is 4.77. The molecule has 1 heterocycles. The lowest BCUT2D eigenvalue weighted by Gasteiger charge is -2.20. The highest BCUT2D eigenvalue weighted by Gasteiger charge is 2.19. The maximum Gasteiger partial charge on any atom is 0.179 e. The van der Waals surface area contributed by atoms with Crippen LogP contribution in [0.4, 0.5) is 0 Å². The number of nitrogens with zero attached hydrogens (tertiary/aromatic N) is 1. The molecule has 1 aromatic carbocycles. The third-order valence-corrected chi connectivity index (χ3v) is 2.34. The van der Waals surface area contributed by atoms with Crippen LogP contribution in [0.1, 0.15) is 11.7 Å². The van der Waals surface area contributed by atoms with Crippen molar-refractivity contribution in [2.24, 2.45) is 0 Å². The summed E-state index contributed by atoms with van der Waals surface area (Å²) in [6, 6.07) is 4.78. The van der Waals surface area contributed by atoms with Gasteiger partial charge in [-0.1, -0.05) is 11.6 Å². The first kappa shape index (κ1) is 10.1. The molecule has 0 amide bonds. The van der Waals surface area contributed by atoms with Gasteiger partial charge in [0.25, 0.3) is 0 Å². The van der Waals surface area contributed by atoms with Crippen LogP contribution in [0.25, 0.3) is 0 Å². The van der Waals surface area contributed by atoms with Gasteiger partial charge in [0.05, 0.1) is 11.1 Å². The van der Waals surface area contributed by atoms with E-state index in [1.807, 2.05) is 0 Å². The molecule has 0 bridgehead atoms. The number of fused-ring (bicyclic) bond motifs is 1. The number of benzene rings is 1. The van der Waals surface area contributed by atoms with E-state index in [1.165, 1.54) is 6.07 Å². The van der Waals surface area contributed by atoms with Crippen molar-refractivity contribution in [3.05, 3.63) is 22.7 Å². The second-order valence-electron chi connectivity index (χ2n) is 3.06. The summed E-state index contributed by atoms with van der Waals surface area (Å²) in [6.07, 6.45) is -1.20. The maximum atomic E-state index is 9.34. The zero-order valence-corrected chi connectivity index (χ0v) is 8.49. The summed E-state index contributed by atoms with van der Waals surface area (Å²) in [5, 5.41) is 18.3. The second-order valence-corrected chi connectivity index (χ2v) is 3.47. The molecule has 0 saturated carbocycles. The minimum atomic E-state index is -1.20. The summed E-state index contributed by atoms with van der Waals surface area (Å²) in [4.78, 5) is 0. The molecule has 0 aromatic heterocycles. The highest BCUT2D eigenvalue weighted by Crippen LogP contribution is 2.39. The zero-order chi connectivity index (χ0) is 10.8. The third-order valence-electron chi connectivity index (χ3n) is 2.06. The summed E-state index contributed by atoms with van der Waals surface area (Å²) in [5.74, 6) is 0.940. The summed E-state index contributed by atoms with van der Waals surface area (Å²) < 4.78 is 10.6. The van der Waals surface area contributed by atoms with Gasteiger partial charge in [-0.25, -0.2) is 0 Å². The molecule has 4 nitrogen and oxygen atoms in total. The average molecular weight is 226 g/mol. The number of hydrogen-bond donors (Lipinski definition) is 1. The molecule has 0 saturated heterocycles. The standard InChI is InChI=1S/C10H8ClNO3/c11-7-3-6(8(13)5-12)4-9-10(7)15-2-1-14-9/h3-4,8,13H,1-2H2. The van der Waals surface area contributed by atoms with Crippen molar-refractivity contribution in [2.75, 3.05) is 13.2 Å². The van der Waals surface area contributed by atoms with Crippen molar-refractivity contribution >= 4 is 11.6 Å². The number of aliphatic hydroxyl groups excluding tert-OH is 1. The van der Waals surface area contributed by atoms with Gasteiger partial charge >= 0.3 is 0 Å². The van der Waals surface area contributed by atoms with Gasteiger partial charge in [-0.15, -0.1) is 0 Å². The van der Waals surface area contributed by atoms with Crippen LogP contribution in [0.2, 0.25) is 5.02 Å². The minimum absolute atomic E-state index is 0.344. The number of halogens is 1. The lowest BCUT2D eigenvalue weighted by molar-refractivity contribution is 0.170. The van der Waals surface area contributed by atoms with Gasteiger partial charge in [-0.05, 0) is 12.1 Å². The van der Waals surface area contributed by atoms with E-state index in [1.54, 1.807) is 12.1 Å². The van der Waals surface area contributed by atoms with E-state index in [4.69, 9.17) is 26.3 Å². The van der Waals surface area contributed by atoms with Crippen LogP contribution < -0.4 is 9.47 Å². The molecule has 1 N–H and O–H groups in total. The predicted octanol–water partition coefficient (Wildman–Crippen LogP) is 1.67. The minimum Gasteiger partial charge on any atom is -0.486 e. The van der Waals surface area contributed by atoms with Crippen molar-refractivity contribution in [2.45, 2.75) is 6.10 Å². The van der Waals surface area contributed by atoms with Crippen molar-refractivity contribution in [3.8, 4) is 17.6 Å². The third kappa shape index (κ3) is 1.84. The molecule has 1 unspecified atom stereocenters. The number of aliphatic hydroxyl groups is 1. The van der Waals surface area contributed by atoms with Gasteiger partial charge in [-0.2, -0.15) is 5.26 Å². The summed E-state index contributed by atoms with van der Waals surface area (Å²) in [5.41, 5.74) is 0.409. The Balaban J connectivity index is 2.46. The maximum absolute atomic E-state index is 9.34. The summed E-state index contributed by atoms with van der Waals surface area (Å²) in [7, 11) is 0. The Kier molecular flexibility index (Phi) is 2.67. The van der Waals surface area contributed by atoms with Crippen LogP contribution >= 0.6 is 11.6 Å². The highest BCUT2D eigenvalue weighted by molar-refractivity contribution is 6.32.